The van der Waals surface area contributed by atoms with Crippen LogP contribution in [-0.4, -0.2) is 38.4 Å². The van der Waals surface area contributed by atoms with E-state index in [0.29, 0.717) is 28.9 Å². The number of hydrogen-bond acceptors (Lipinski definition) is 5. The van der Waals surface area contributed by atoms with Gasteiger partial charge < -0.3 is 10.6 Å². The summed E-state index contributed by atoms with van der Waals surface area (Å²) in [5.41, 5.74) is 1.89. The molecule has 8 nitrogen and oxygen atoms in total. The van der Waals surface area contributed by atoms with Crippen molar-refractivity contribution in [2.45, 2.75) is 37.4 Å². The molecule has 0 radical (unpaired) electrons. The van der Waals surface area contributed by atoms with Gasteiger partial charge in [0.15, 0.2) is 0 Å². The first-order valence-corrected chi connectivity index (χ1v) is 12.8. The number of aliphatic imine (C=N–C) groups is 2. The van der Waals surface area contributed by atoms with E-state index in [1.807, 2.05) is 0 Å². The first-order valence-electron chi connectivity index (χ1n) is 11.3. The second-order valence-electron chi connectivity index (χ2n) is 7.80. The molecule has 0 saturated carbocycles. The van der Waals surface area contributed by atoms with Gasteiger partial charge >= 0.3 is 6.18 Å². The zero-order valence-electron chi connectivity index (χ0n) is 20.7. The van der Waals surface area contributed by atoms with Crippen LogP contribution < -0.4 is 15.8 Å². The van der Waals surface area contributed by atoms with Crippen LogP contribution in [0.5, 0.6) is 0 Å². The number of nitrogens with one attached hydrogen (secondary N) is 2. The number of pyridine rings is 1. The lowest BCUT2D eigenvalue weighted by molar-refractivity contribution is -0.118. The third-order valence-corrected chi connectivity index (χ3v) is 5.88. The lowest BCUT2D eigenvalue weighted by atomic mass is 10.1. The molecule has 0 fully saturated rings. The van der Waals surface area contributed by atoms with E-state index >= 15 is 0 Å². The van der Waals surface area contributed by atoms with Crippen molar-refractivity contribution in [2.24, 2.45) is 15.1 Å². The first-order chi connectivity index (χ1) is 17.8. The maximum absolute atomic E-state index is 13.0. The van der Waals surface area contributed by atoms with E-state index < -0.39 is 34.6 Å². The number of nitrogens with two attached hydrogens (primary N) is 1. The molecular formula is C25H28F4N6O2S. The van der Waals surface area contributed by atoms with Gasteiger partial charge in [-0.1, -0.05) is 43.9 Å². The van der Waals surface area contributed by atoms with Crippen LogP contribution in [0.25, 0.3) is 5.57 Å². The lowest BCUT2D eigenvalue weighted by Gasteiger charge is -2.17. The molecule has 1 atom stereocenters. The minimum Gasteiger partial charge on any atom is -0.325 e. The number of primary sulfonamides is 1. The largest absolute Gasteiger partial charge is 0.408 e. The van der Waals surface area contributed by atoms with Crippen molar-refractivity contribution >= 4 is 33.6 Å². The lowest BCUT2D eigenvalue weighted by Crippen LogP contribution is -2.31. The fourth-order valence-electron chi connectivity index (χ4n) is 3.20. The zero-order chi connectivity index (χ0) is 28.3. The molecule has 1 aromatic heterocycles. The fourth-order valence-corrected chi connectivity index (χ4v) is 4.00. The number of allylic oxidation sites excluding steroid dienone is 5. The Kier molecular flexibility index (Phi) is 10.9. The molecule has 1 aromatic carbocycles. The molecule has 0 aliphatic rings. The molecule has 2 aromatic rings. The molecule has 1 unspecified atom stereocenters. The molecule has 38 heavy (non-hydrogen) atoms. The zero-order valence-corrected chi connectivity index (χ0v) is 21.5. The molecule has 0 aliphatic heterocycles. The summed E-state index contributed by atoms with van der Waals surface area (Å²) in [4.78, 5) is 12.0. The molecule has 0 bridgehead atoms. The number of benzene rings is 1. The molecule has 2 rings (SSSR count). The number of anilines is 1. The molecule has 0 spiro atoms. The summed E-state index contributed by atoms with van der Waals surface area (Å²) in [6.45, 7) is 5.29. The molecule has 13 heteroatoms. The summed E-state index contributed by atoms with van der Waals surface area (Å²) in [5, 5.41) is 10.8. The average Bonchev–Trinajstić information content (AvgIpc) is 2.85. The second kappa shape index (κ2) is 13.6. The van der Waals surface area contributed by atoms with Crippen LogP contribution in [0.15, 0.2) is 88.1 Å². The fraction of sp³-hybridized carbons (Fsp3) is 0.240. The molecule has 0 amide bonds. The molecule has 4 N–H and O–H groups in total. The van der Waals surface area contributed by atoms with Crippen LogP contribution in [0, 0.1) is 0 Å². The third-order valence-electron chi connectivity index (χ3n) is 4.90. The number of aromatic nitrogens is 1. The van der Waals surface area contributed by atoms with Crippen LogP contribution in [0.2, 0.25) is 0 Å². The SMILES string of the molecule is C=C(F)/C=C\C(=C/C)c1ccc(NC(=NC(CC)c2ccccc2S(N)(=O)=O)NC=NCC(F)(F)F)cn1. The highest BCUT2D eigenvalue weighted by Crippen LogP contribution is 2.27. The monoisotopic (exact) mass is 552 g/mol. The summed E-state index contributed by atoms with van der Waals surface area (Å²) in [6.07, 6.45) is 2.57. The summed E-state index contributed by atoms with van der Waals surface area (Å²) >= 11 is 0. The van der Waals surface area contributed by atoms with Crippen LogP contribution in [0.3, 0.4) is 0 Å². The number of sulfonamides is 1. The van der Waals surface area contributed by atoms with Crippen molar-refractivity contribution in [1.29, 1.82) is 0 Å². The van der Waals surface area contributed by atoms with Gasteiger partial charge in [0, 0.05) is 0 Å². The highest BCUT2D eigenvalue weighted by atomic mass is 32.2. The van der Waals surface area contributed by atoms with Crippen LogP contribution >= 0.6 is 0 Å². The highest BCUT2D eigenvalue weighted by molar-refractivity contribution is 7.89. The minimum atomic E-state index is -4.49. The first kappa shape index (κ1) is 30.4. The maximum atomic E-state index is 13.0. The Hall–Kier alpha value is -3.84. The van der Waals surface area contributed by atoms with Crippen molar-refractivity contribution in [2.75, 3.05) is 11.9 Å². The van der Waals surface area contributed by atoms with Crippen LogP contribution in [0.4, 0.5) is 23.2 Å². The smallest absolute Gasteiger partial charge is 0.325 e. The number of hydrogen-bond donors (Lipinski definition) is 3. The number of alkyl halides is 3. The van der Waals surface area contributed by atoms with Gasteiger partial charge in [0.25, 0.3) is 0 Å². The molecule has 0 aliphatic carbocycles. The van der Waals surface area contributed by atoms with Gasteiger partial charge in [-0.2, -0.15) is 13.2 Å². The topological polar surface area (TPSA) is 122 Å². The van der Waals surface area contributed by atoms with E-state index in [0.717, 1.165) is 6.34 Å². The van der Waals surface area contributed by atoms with E-state index in [4.69, 9.17) is 5.14 Å². The number of nitrogens with zero attached hydrogens (tertiary/aromatic N) is 3. The van der Waals surface area contributed by atoms with Gasteiger partial charge in [-0.15, -0.1) is 0 Å². The van der Waals surface area contributed by atoms with E-state index in [-0.39, 0.29) is 10.9 Å². The van der Waals surface area contributed by atoms with E-state index in [1.165, 1.54) is 30.5 Å². The standard InChI is InChI=1S/C25H28F4N6O2S/c1-4-18(11-10-17(3)26)22-13-12-19(14-32-22)34-24(33-16-31-15-25(27,28)29)35-21(5-2)20-8-6-7-9-23(20)38(30,36)37/h4,6-14,16,21H,3,5,15H2,1-2H3,(H2,30,36,37)(H2,31,33,34,35)/b11-10-,18-4+. The predicted octanol–water partition coefficient (Wildman–Crippen LogP) is 5.27. The second-order valence-corrected chi connectivity index (χ2v) is 9.33. The van der Waals surface area contributed by atoms with E-state index in [9.17, 15) is 26.0 Å². The Morgan fingerprint density at radius 2 is 1.92 bits per heavy atom. The summed E-state index contributed by atoms with van der Waals surface area (Å²) < 4.78 is 74.6. The van der Waals surface area contributed by atoms with Crippen molar-refractivity contribution in [3.8, 4) is 0 Å². The minimum absolute atomic E-state index is 0.0126. The van der Waals surface area contributed by atoms with Gasteiger partial charge in [0.2, 0.25) is 16.0 Å². The van der Waals surface area contributed by atoms with Crippen molar-refractivity contribution in [3.05, 3.63) is 84.5 Å². The van der Waals surface area contributed by atoms with Crippen LogP contribution in [0.1, 0.15) is 37.6 Å². The highest BCUT2D eigenvalue weighted by Gasteiger charge is 2.26. The Balaban J connectivity index is 2.41. The van der Waals surface area contributed by atoms with Crippen molar-refractivity contribution in [1.82, 2.24) is 10.3 Å². The molecular weight excluding hydrogens is 524 g/mol. The Morgan fingerprint density at radius 3 is 2.47 bits per heavy atom. The van der Waals surface area contributed by atoms with E-state index in [1.54, 1.807) is 44.2 Å². The normalized spacial score (nSPS) is 14.2. The summed E-state index contributed by atoms with van der Waals surface area (Å²) in [6, 6.07) is 8.60. The Bertz CT molecular complexity index is 1330. The average molecular weight is 553 g/mol. The van der Waals surface area contributed by atoms with Gasteiger partial charge in [-0.05, 0) is 48.8 Å². The van der Waals surface area contributed by atoms with Crippen LogP contribution in [-0.2, 0) is 10.0 Å². The molecule has 204 valence electrons. The van der Waals surface area contributed by atoms with Crippen molar-refractivity contribution < 1.29 is 26.0 Å². The Labute approximate surface area is 218 Å². The van der Waals surface area contributed by atoms with Gasteiger partial charge in [-0.3, -0.25) is 9.98 Å². The quantitative estimate of drug-likeness (QED) is 0.160. The molecule has 1 heterocycles. The number of guanidine groups is 1. The van der Waals surface area contributed by atoms with Crippen molar-refractivity contribution in [3.63, 3.8) is 0 Å². The van der Waals surface area contributed by atoms with E-state index in [2.05, 4.69) is 32.2 Å². The van der Waals surface area contributed by atoms with Gasteiger partial charge in [-0.25, -0.2) is 22.9 Å². The predicted molar refractivity (Wildman–Crippen MR) is 142 cm³/mol. The number of halogens is 4. The van der Waals surface area contributed by atoms with Gasteiger partial charge in [0.05, 0.1) is 34.9 Å². The third kappa shape index (κ3) is 9.90. The number of rotatable bonds is 10. The maximum Gasteiger partial charge on any atom is 0.408 e. The molecule has 0 saturated heterocycles. The Morgan fingerprint density at radius 1 is 1.21 bits per heavy atom. The summed E-state index contributed by atoms with van der Waals surface area (Å²) in [7, 11) is -4.06. The van der Waals surface area contributed by atoms with Gasteiger partial charge in [0.1, 0.15) is 12.4 Å². The summed E-state index contributed by atoms with van der Waals surface area (Å²) in [5.74, 6) is -0.627.